The molecule has 0 saturated heterocycles. The van der Waals surface area contributed by atoms with Crippen LogP contribution in [0.2, 0.25) is 0 Å². The van der Waals surface area contributed by atoms with Gasteiger partial charge in [0.05, 0.1) is 11.3 Å². The van der Waals surface area contributed by atoms with Crippen LogP contribution in [0.25, 0.3) is 0 Å². The van der Waals surface area contributed by atoms with Crippen LogP contribution in [0.15, 0.2) is 46.2 Å². The van der Waals surface area contributed by atoms with Crippen molar-refractivity contribution < 1.29 is 9.94 Å². The highest BCUT2D eigenvalue weighted by atomic mass is 79.9. The topological polar surface area (TPSA) is 80.7 Å². The second-order valence-electron chi connectivity index (χ2n) is 3.81. The van der Waals surface area contributed by atoms with Crippen molar-refractivity contribution in [3.63, 3.8) is 0 Å². The van der Waals surface area contributed by atoms with E-state index < -0.39 is 0 Å². The van der Waals surface area contributed by atoms with Crippen molar-refractivity contribution in [2.75, 3.05) is 0 Å². The number of halogens is 1. The minimum absolute atomic E-state index is 0.0101. The van der Waals surface area contributed by atoms with Gasteiger partial charge < -0.3 is 15.7 Å². The van der Waals surface area contributed by atoms with Crippen molar-refractivity contribution >= 4 is 21.8 Å². The van der Waals surface area contributed by atoms with Gasteiger partial charge in [-0.3, -0.25) is 4.98 Å². The molecular weight excluding hydrogens is 310 g/mol. The van der Waals surface area contributed by atoms with Crippen molar-refractivity contribution in [2.24, 2.45) is 10.9 Å². The maximum atomic E-state index is 8.79. The smallest absolute Gasteiger partial charge is 0.173 e. The predicted octanol–water partition coefficient (Wildman–Crippen LogP) is 3.04. The third-order valence-electron chi connectivity index (χ3n) is 2.51. The van der Waals surface area contributed by atoms with Gasteiger partial charge in [0.15, 0.2) is 5.84 Å². The molecule has 0 aliphatic heterocycles. The average molecular weight is 322 g/mol. The van der Waals surface area contributed by atoms with Crippen LogP contribution in [-0.4, -0.2) is 16.0 Å². The summed E-state index contributed by atoms with van der Waals surface area (Å²) in [6.45, 7) is 1.84. The predicted molar refractivity (Wildman–Crippen MR) is 75.7 cm³/mol. The van der Waals surface area contributed by atoms with E-state index in [1.165, 1.54) is 0 Å². The summed E-state index contributed by atoms with van der Waals surface area (Å²) in [5, 5.41) is 11.8. The van der Waals surface area contributed by atoms with E-state index in [4.69, 9.17) is 15.7 Å². The van der Waals surface area contributed by atoms with Crippen LogP contribution in [0.1, 0.15) is 11.3 Å². The molecule has 2 aromatic rings. The van der Waals surface area contributed by atoms with Gasteiger partial charge in [-0.15, -0.1) is 0 Å². The molecule has 0 atom stereocenters. The molecule has 0 fully saturated rings. The van der Waals surface area contributed by atoms with Crippen LogP contribution in [-0.2, 0) is 0 Å². The molecule has 98 valence electrons. The fourth-order valence-corrected chi connectivity index (χ4v) is 1.88. The summed E-state index contributed by atoms with van der Waals surface area (Å²) in [6.07, 6.45) is 1.69. The van der Waals surface area contributed by atoms with Gasteiger partial charge >= 0.3 is 0 Å². The molecule has 0 unspecified atom stereocenters. The van der Waals surface area contributed by atoms with Gasteiger partial charge in [0, 0.05) is 10.7 Å². The summed E-state index contributed by atoms with van der Waals surface area (Å²) < 4.78 is 6.61. The minimum atomic E-state index is -0.0101. The van der Waals surface area contributed by atoms with Gasteiger partial charge in [-0.25, -0.2) is 0 Å². The van der Waals surface area contributed by atoms with Crippen LogP contribution in [0.4, 0.5) is 0 Å². The second kappa shape index (κ2) is 5.71. The van der Waals surface area contributed by atoms with Gasteiger partial charge in [0.1, 0.15) is 11.5 Å². The standard InChI is InChI=1S/C13H12BrN3O2/c1-8-11(3-2-6-16-8)19-12-7-9(14)4-5-10(12)13(15)17-18/h2-7,18H,1H3,(H2,15,17). The molecule has 1 aromatic heterocycles. The molecule has 0 aliphatic carbocycles. The number of aryl methyl sites for hydroxylation is 1. The number of rotatable bonds is 3. The zero-order valence-corrected chi connectivity index (χ0v) is 11.8. The number of benzene rings is 1. The van der Waals surface area contributed by atoms with Gasteiger partial charge in [-0.2, -0.15) is 0 Å². The van der Waals surface area contributed by atoms with Gasteiger partial charge in [-0.1, -0.05) is 21.1 Å². The first kappa shape index (κ1) is 13.4. The van der Waals surface area contributed by atoms with E-state index in [1.54, 1.807) is 36.5 Å². The molecule has 0 spiro atoms. The molecular formula is C13H12BrN3O2. The second-order valence-corrected chi connectivity index (χ2v) is 4.73. The summed E-state index contributed by atoms with van der Waals surface area (Å²) in [7, 11) is 0. The molecule has 0 bridgehead atoms. The lowest BCUT2D eigenvalue weighted by molar-refractivity contribution is 0.318. The number of ether oxygens (including phenoxy) is 1. The van der Waals surface area contributed by atoms with Gasteiger partial charge in [0.25, 0.3) is 0 Å². The fourth-order valence-electron chi connectivity index (χ4n) is 1.54. The average Bonchev–Trinajstić information content (AvgIpc) is 2.41. The lowest BCUT2D eigenvalue weighted by Gasteiger charge is -2.12. The van der Waals surface area contributed by atoms with Crippen LogP contribution >= 0.6 is 15.9 Å². The third-order valence-corrected chi connectivity index (χ3v) is 3.00. The number of amidine groups is 1. The quantitative estimate of drug-likeness (QED) is 0.394. The molecule has 2 rings (SSSR count). The lowest BCUT2D eigenvalue weighted by Crippen LogP contribution is -2.14. The summed E-state index contributed by atoms with van der Waals surface area (Å²) in [4.78, 5) is 4.14. The Kier molecular flexibility index (Phi) is 4.01. The Bertz CT molecular complexity index is 629. The van der Waals surface area contributed by atoms with E-state index in [0.717, 1.165) is 10.2 Å². The highest BCUT2D eigenvalue weighted by Gasteiger charge is 2.11. The molecule has 19 heavy (non-hydrogen) atoms. The van der Waals surface area contributed by atoms with E-state index in [1.807, 2.05) is 6.92 Å². The summed E-state index contributed by atoms with van der Waals surface area (Å²) in [5.41, 5.74) is 6.89. The van der Waals surface area contributed by atoms with Crippen molar-refractivity contribution in [3.8, 4) is 11.5 Å². The Hall–Kier alpha value is -2.08. The van der Waals surface area contributed by atoms with Crippen molar-refractivity contribution in [1.82, 2.24) is 4.98 Å². The Labute approximate surface area is 118 Å². The summed E-state index contributed by atoms with van der Waals surface area (Å²) in [6, 6.07) is 8.83. The molecule has 0 radical (unpaired) electrons. The first-order chi connectivity index (χ1) is 9.11. The van der Waals surface area contributed by atoms with Crippen molar-refractivity contribution in [1.29, 1.82) is 0 Å². The number of hydrogen-bond acceptors (Lipinski definition) is 4. The van der Waals surface area contributed by atoms with Gasteiger partial charge in [-0.05, 0) is 37.3 Å². The molecule has 0 aliphatic rings. The zero-order chi connectivity index (χ0) is 13.8. The Balaban J connectivity index is 2.44. The SMILES string of the molecule is Cc1ncccc1Oc1cc(Br)ccc1/C(N)=N/O. The maximum absolute atomic E-state index is 8.79. The molecule has 6 heteroatoms. The largest absolute Gasteiger partial charge is 0.455 e. The Morgan fingerprint density at radius 2 is 2.16 bits per heavy atom. The molecule has 0 saturated carbocycles. The lowest BCUT2D eigenvalue weighted by atomic mass is 10.2. The monoisotopic (exact) mass is 321 g/mol. The van der Waals surface area contributed by atoms with Gasteiger partial charge in [0.2, 0.25) is 0 Å². The van der Waals surface area contributed by atoms with Crippen LogP contribution in [0.5, 0.6) is 11.5 Å². The number of nitrogens with two attached hydrogens (primary N) is 1. The highest BCUT2D eigenvalue weighted by molar-refractivity contribution is 9.10. The van der Waals surface area contributed by atoms with E-state index >= 15 is 0 Å². The number of pyridine rings is 1. The van der Waals surface area contributed by atoms with E-state index in [-0.39, 0.29) is 5.84 Å². The minimum Gasteiger partial charge on any atom is -0.455 e. The van der Waals surface area contributed by atoms with Crippen molar-refractivity contribution in [2.45, 2.75) is 6.92 Å². The van der Waals surface area contributed by atoms with Crippen LogP contribution in [0.3, 0.4) is 0 Å². The summed E-state index contributed by atoms with van der Waals surface area (Å²) in [5.74, 6) is 1.09. The third kappa shape index (κ3) is 3.03. The molecule has 1 heterocycles. The van der Waals surface area contributed by atoms with E-state index in [9.17, 15) is 0 Å². The normalized spacial score (nSPS) is 11.4. The van der Waals surface area contributed by atoms with Crippen LogP contribution < -0.4 is 10.5 Å². The molecule has 0 amide bonds. The number of nitrogens with zero attached hydrogens (tertiary/aromatic N) is 2. The number of aromatic nitrogens is 1. The fraction of sp³-hybridized carbons (Fsp3) is 0.0769. The van der Waals surface area contributed by atoms with E-state index in [0.29, 0.717) is 17.1 Å². The summed E-state index contributed by atoms with van der Waals surface area (Å²) >= 11 is 3.36. The highest BCUT2D eigenvalue weighted by Crippen LogP contribution is 2.29. The van der Waals surface area contributed by atoms with E-state index in [2.05, 4.69) is 26.1 Å². The van der Waals surface area contributed by atoms with Crippen LogP contribution in [0, 0.1) is 6.92 Å². The number of oxime groups is 1. The van der Waals surface area contributed by atoms with Crippen molar-refractivity contribution in [3.05, 3.63) is 52.3 Å². The molecule has 1 aromatic carbocycles. The molecule has 5 nitrogen and oxygen atoms in total. The first-order valence-corrected chi connectivity index (χ1v) is 6.28. The first-order valence-electron chi connectivity index (χ1n) is 5.48. The number of hydrogen-bond donors (Lipinski definition) is 2. The Morgan fingerprint density at radius 1 is 1.37 bits per heavy atom. The maximum Gasteiger partial charge on any atom is 0.173 e. The molecule has 3 N–H and O–H groups in total. The zero-order valence-electron chi connectivity index (χ0n) is 10.2. The Morgan fingerprint density at radius 3 is 2.84 bits per heavy atom.